The topological polar surface area (TPSA) is 9.23 Å². The summed E-state index contributed by atoms with van der Waals surface area (Å²) >= 11 is 0.795. The van der Waals surface area contributed by atoms with Crippen LogP contribution in [0.15, 0.2) is 48.5 Å². The molecule has 33 heavy (non-hydrogen) atoms. The summed E-state index contributed by atoms with van der Waals surface area (Å²) in [5.74, 6) is -8.75. The van der Waals surface area contributed by atoms with Crippen LogP contribution >= 0.6 is 11.3 Å². The van der Waals surface area contributed by atoms with E-state index < -0.39 is 56.9 Å². The number of halogens is 7. The predicted molar refractivity (Wildman–Crippen MR) is 112 cm³/mol. The number of hydrogen-bond acceptors (Lipinski definition) is 2. The van der Waals surface area contributed by atoms with Gasteiger partial charge in [0.2, 0.25) is 0 Å². The number of benzene rings is 3. The Hall–Kier alpha value is -3.07. The van der Waals surface area contributed by atoms with E-state index in [1.807, 2.05) is 13.0 Å². The molecule has 3 aromatic carbocycles. The maximum Gasteiger partial charge on any atom is 0.436 e. The van der Waals surface area contributed by atoms with Crippen LogP contribution in [0.3, 0.4) is 0 Å². The van der Waals surface area contributed by atoms with Crippen molar-refractivity contribution in [2.45, 2.75) is 25.9 Å². The molecule has 0 fully saturated rings. The number of aryl methyl sites for hydroxylation is 1. The van der Waals surface area contributed by atoms with E-state index >= 15 is 0 Å². The Labute approximate surface area is 188 Å². The fourth-order valence-electron chi connectivity index (χ4n) is 3.45. The monoisotopic (exact) mass is 484 g/mol. The Balaban J connectivity index is 1.65. The van der Waals surface area contributed by atoms with Crippen LogP contribution in [0, 0.1) is 29.1 Å². The molecule has 0 bridgehead atoms. The van der Waals surface area contributed by atoms with Crippen LogP contribution in [0.4, 0.5) is 30.7 Å². The van der Waals surface area contributed by atoms with Crippen LogP contribution in [0.25, 0.3) is 21.2 Å². The first-order valence-electron chi connectivity index (χ1n) is 9.82. The smallest absolute Gasteiger partial charge is 0.428 e. The first-order chi connectivity index (χ1) is 15.6. The summed E-state index contributed by atoms with van der Waals surface area (Å²) in [5, 5.41) is 0.575. The van der Waals surface area contributed by atoms with Gasteiger partial charge in [-0.3, -0.25) is 0 Å². The third-order valence-corrected chi connectivity index (χ3v) is 6.09. The van der Waals surface area contributed by atoms with Gasteiger partial charge in [-0.2, -0.15) is 8.78 Å². The van der Waals surface area contributed by atoms with Crippen molar-refractivity contribution in [3.05, 3.63) is 88.1 Å². The van der Waals surface area contributed by atoms with E-state index in [2.05, 4.69) is 4.74 Å². The van der Waals surface area contributed by atoms with Gasteiger partial charge in [0, 0.05) is 16.8 Å². The van der Waals surface area contributed by atoms with E-state index in [1.54, 1.807) is 12.1 Å². The van der Waals surface area contributed by atoms with Crippen molar-refractivity contribution >= 4 is 21.4 Å². The number of ether oxygens (including phenoxy) is 1. The van der Waals surface area contributed by atoms with E-state index in [0.717, 1.165) is 29.7 Å². The molecule has 0 unspecified atom stereocenters. The van der Waals surface area contributed by atoms with Gasteiger partial charge in [-0.25, -0.2) is 22.0 Å². The van der Waals surface area contributed by atoms with Gasteiger partial charge in [0.05, 0.1) is 5.56 Å². The minimum atomic E-state index is -3.90. The quantitative estimate of drug-likeness (QED) is 0.197. The highest BCUT2D eigenvalue weighted by atomic mass is 32.1. The Bertz CT molecular complexity index is 1300. The van der Waals surface area contributed by atoms with E-state index in [-0.39, 0.29) is 0 Å². The lowest BCUT2D eigenvalue weighted by Gasteiger charge is -2.17. The second-order valence-electron chi connectivity index (χ2n) is 7.37. The van der Waals surface area contributed by atoms with Crippen molar-refractivity contribution in [3.8, 4) is 16.9 Å². The minimum Gasteiger partial charge on any atom is -0.428 e. The third kappa shape index (κ3) is 4.55. The zero-order valence-electron chi connectivity index (χ0n) is 17.0. The molecule has 9 heteroatoms. The Morgan fingerprint density at radius 3 is 2.06 bits per heavy atom. The molecular weight excluding hydrogens is 469 g/mol. The van der Waals surface area contributed by atoms with Crippen LogP contribution < -0.4 is 4.74 Å². The van der Waals surface area contributed by atoms with Crippen molar-refractivity contribution in [3.63, 3.8) is 0 Å². The number of hydrogen-bond donors (Lipinski definition) is 0. The molecule has 0 radical (unpaired) electrons. The average Bonchev–Trinajstić information content (AvgIpc) is 3.16. The molecule has 1 aromatic heterocycles. The minimum absolute atomic E-state index is 0.402. The van der Waals surface area contributed by atoms with Crippen LogP contribution in [-0.4, -0.2) is 0 Å². The molecule has 4 aromatic rings. The number of rotatable bonds is 6. The normalized spacial score (nSPS) is 11.9. The van der Waals surface area contributed by atoms with Crippen molar-refractivity contribution in [1.82, 2.24) is 0 Å². The highest BCUT2D eigenvalue weighted by molar-refractivity contribution is 7.19. The summed E-state index contributed by atoms with van der Waals surface area (Å²) in [6.07, 6.45) is -2.21. The van der Waals surface area contributed by atoms with Crippen LogP contribution in [0.5, 0.6) is 5.75 Å². The molecule has 172 valence electrons. The average molecular weight is 484 g/mol. The number of thiophene rings is 1. The highest BCUT2D eigenvalue weighted by Gasteiger charge is 2.37. The molecule has 0 aliphatic rings. The van der Waals surface area contributed by atoms with Gasteiger partial charge < -0.3 is 4.74 Å². The predicted octanol–water partition coefficient (Wildman–Crippen LogP) is 8.34. The first-order valence-corrected chi connectivity index (χ1v) is 10.6. The summed E-state index contributed by atoms with van der Waals surface area (Å²) in [6.45, 7) is 2.00. The second kappa shape index (κ2) is 8.70. The third-order valence-electron chi connectivity index (χ3n) is 4.94. The lowest BCUT2D eigenvalue weighted by atomic mass is 10.0. The molecule has 0 spiro atoms. The Morgan fingerprint density at radius 2 is 1.45 bits per heavy atom. The maximum absolute atomic E-state index is 14.8. The molecule has 1 heterocycles. The van der Waals surface area contributed by atoms with Crippen molar-refractivity contribution in [1.29, 1.82) is 0 Å². The number of fused-ring (bicyclic) bond motifs is 1. The summed E-state index contributed by atoms with van der Waals surface area (Å²) < 4.78 is 104. The summed E-state index contributed by atoms with van der Waals surface area (Å²) in [7, 11) is 0. The van der Waals surface area contributed by atoms with Gasteiger partial charge in [0.1, 0.15) is 22.3 Å². The largest absolute Gasteiger partial charge is 0.436 e. The molecule has 0 aliphatic heterocycles. The molecular formula is C24H15F7OS. The molecule has 0 atom stereocenters. The van der Waals surface area contributed by atoms with Crippen LogP contribution in [0.2, 0.25) is 0 Å². The highest BCUT2D eigenvalue weighted by Crippen LogP contribution is 2.40. The van der Waals surface area contributed by atoms with Gasteiger partial charge in [0.25, 0.3) is 0 Å². The fourth-order valence-corrected chi connectivity index (χ4v) is 4.48. The lowest BCUT2D eigenvalue weighted by molar-refractivity contribution is -0.182. The SMILES string of the molecule is CCCc1ccc2cc(C(F)(F)Oc3cc(F)c(-c4cc(F)c(F)c(F)c4)c(F)c3)sc2c1. The standard InChI is InChI=1S/C24H15F7OS/c1-2-3-12-4-5-13-9-21(33-20(13)6-12)24(30,31)32-15-10-16(25)22(17(26)11-15)14-7-18(27)23(29)19(28)8-14/h4-11H,2-3H2,1H3. The molecule has 0 aliphatic carbocycles. The molecule has 0 amide bonds. The summed E-state index contributed by atoms with van der Waals surface area (Å²) in [5.41, 5.74) is -0.545. The van der Waals surface area contributed by atoms with Crippen molar-refractivity contribution in [2.24, 2.45) is 0 Å². The van der Waals surface area contributed by atoms with Crippen LogP contribution in [-0.2, 0) is 12.5 Å². The van der Waals surface area contributed by atoms with Crippen molar-refractivity contribution in [2.75, 3.05) is 0 Å². The Morgan fingerprint density at radius 1 is 0.818 bits per heavy atom. The zero-order valence-corrected chi connectivity index (χ0v) is 17.8. The van der Waals surface area contributed by atoms with Crippen LogP contribution in [0.1, 0.15) is 23.8 Å². The van der Waals surface area contributed by atoms with Gasteiger partial charge in [0.15, 0.2) is 17.5 Å². The zero-order chi connectivity index (χ0) is 23.9. The van der Waals surface area contributed by atoms with E-state index in [0.29, 0.717) is 34.4 Å². The number of alkyl halides is 2. The molecule has 0 saturated heterocycles. The summed E-state index contributed by atoms with van der Waals surface area (Å²) in [4.78, 5) is -0.460. The summed E-state index contributed by atoms with van der Waals surface area (Å²) in [6, 6.07) is 8.34. The van der Waals surface area contributed by atoms with E-state index in [9.17, 15) is 30.7 Å². The van der Waals surface area contributed by atoms with Gasteiger partial charge in [-0.15, -0.1) is 11.3 Å². The first kappa shape index (κ1) is 23.1. The van der Waals surface area contributed by atoms with Gasteiger partial charge in [-0.05, 0) is 47.2 Å². The fraction of sp³-hybridized carbons (Fsp3) is 0.167. The molecule has 0 saturated carbocycles. The maximum atomic E-state index is 14.8. The molecule has 4 rings (SSSR count). The second-order valence-corrected chi connectivity index (χ2v) is 8.45. The van der Waals surface area contributed by atoms with Crippen molar-refractivity contribution < 1.29 is 35.5 Å². The van der Waals surface area contributed by atoms with E-state index in [4.69, 9.17) is 0 Å². The van der Waals surface area contributed by atoms with Gasteiger partial charge in [-0.1, -0.05) is 25.5 Å². The van der Waals surface area contributed by atoms with Gasteiger partial charge >= 0.3 is 6.11 Å². The Kier molecular flexibility index (Phi) is 6.09. The van der Waals surface area contributed by atoms with E-state index in [1.165, 1.54) is 6.07 Å². The molecule has 1 nitrogen and oxygen atoms in total. The molecule has 0 N–H and O–H groups in total. The lowest BCUT2D eigenvalue weighted by Crippen LogP contribution is -2.20.